The molecule has 0 heterocycles. The van der Waals surface area contributed by atoms with Gasteiger partial charge >= 0.3 is 0 Å². The second-order valence-electron chi connectivity index (χ2n) is 3.76. The standard InChI is InChI=1S/C14H8Cl2FNO/c15-11-2-1-3-14(10(11)7-18)19-8-9-4-5-12(16)13(17)6-9/h1-6H,8H2. The molecule has 0 radical (unpaired) electrons. The Hall–Kier alpha value is -1.76. The lowest BCUT2D eigenvalue weighted by Crippen LogP contribution is -1.98. The van der Waals surface area contributed by atoms with Crippen LogP contribution in [-0.2, 0) is 6.61 Å². The summed E-state index contributed by atoms with van der Waals surface area (Å²) in [4.78, 5) is 0. The highest BCUT2D eigenvalue weighted by molar-refractivity contribution is 6.32. The molecule has 2 nitrogen and oxygen atoms in total. The molecule has 0 bridgehead atoms. The molecule has 0 aliphatic rings. The summed E-state index contributed by atoms with van der Waals surface area (Å²) in [5.41, 5.74) is 0.879. The van der Waals surface area contributed by atoms with Gasteiger partial charge in [0, 0.05) is 0 Å². The Kier molecular flexibility index (Phi) is 4.26. The van der Waals surface area contributed by atoms with E-state index in [0.717, 1.165) is 0 Å². The fourth-order valence-electron chi connectivity index (χ4n) is 1.52. The molecule has 2 aromatic carbocycles. The Labute approximate surface area is 119 Å². The van der Waals surface area contributed by atoms with Gasteiger partial charge in [0.15, 0.2) is 0 Å². The van der Waals surface area contributed by atoms with Gasteiger partial charge in [-0.1, -0.05) is 35.3 Å². The molecule has 0 spiro atoms. The fraction of sp³-hybridized carbons (Fsp3) is 0.0714. The molecule has 0 atom stereocenters. The van der Waals surface area contributed by atoms with E-state index in [1.165, 1.54) is 12.1 Å². The lowest BCUT2D eigenvalue weighted by atomic mass is 10.2. The predicted molar refractivity (Wildman–Crippen MR) is 71.9 cm³/mol. The van der Waals surface area contributed by atoms with Crippen molar-refractivity contribution in [2.75, 3.05) is 0 Å². The third-order valence-electron chi connectivity index (χ3n) is 2.47. The first-order chi connectivity index (χ1) is 9.11. The van der Waals surface area contributed by atoms with Crippen LogP contribution in [-0.4, -0.2) is 0 Å². The maximum Gasteiger partial charge on any atom is 0.142 e. The molecule has 0 aromatic heterocycles. The average molecular weight is 296 g/mol. The molecule has 5 heteroatoms. The number of rotatable bonds is 3. The van der Waals surface area contributed by atoms with E-state index < -0.39 is 5.82 Å². The minimum absolute atomic E-state index is 0.0595. The van der Waals surface area contributed by atoms with Crippen LogP contribution < -0.4 is 4.74 Å². The first-order valence-electron chi connectivity index (χ1n) is 5.37. The molecule has 0 aliphatic heterocycles. The number of nitriles is 1. The second-order valence-corrected chi connectivity index (χ2v) is 4.58. The highest BCUT2D eigenvalue weighted by Crippen LogP contribution is 2.26. The Morgan fingerprint density at radius 2 is 1.95 bits per heavy atom. The van der Waals surface area contributed by atoms with Crippen molar-refractivity contribution >= 4 is 23.2 Å². The van der Waals surface area contributed by atoms with Gasteiger partial charge < -0.3 is 4.74 Å². The van der Waals surface area contributed by atoms with Crippen LogP contribution in [0.1, 0.15) is 11.1 Å². The summed E-state index contributed by atoms with van der Waals surface area (Å²) < 4.78 is 18.7. The third-order valence-corrected chi connectivity index (χ3v) is 3.09. The lowest BCUT2D eigenvalue weighted by molar-refractivity contribution is 0.304. The number of halogens is 3. The maximum absolute atomic E-state index is 13.3. The van der Waals surface area contributed by atoms with E-state index in [4.69, 9.17) is 33.2 Å². The smallest absolute Gasteiger partial charge is 0.142 e. The topological polar surface area (TPSA) is 33.0 Å². The summed E-state index contributed by atoms with van der Waals surface area (Å²) in [6.45, 7) is 0.128. The van der Waals surface area contributed by atoms with Crippen LogP contribution in [0.4, 0.5) is 4.39 Å². The van der Waals surface area contributed by atoms with E-state index in [9.17, 15) is 4.39 Å². The van der Waals surface area contributed by atoms with E-state index in [0.29, 0.717) is 16.3 Å². The van der Waals surface area contributed by atoms with Crippen LogP contribution in [0.25, 0.3) is 0 Å². The summed E-state index contributed by atoms with van der Waals surface area (Å²) in [5, 5.41) is 9.37. The third kappa shape index (κ3) is 3.17. The van der Waals surface area contributed by atoms with Gasteiger partial charge in [0.1, 0.15) is 29.8 Å². The minimum atomic E-state index is -0.505. The normalized spacial score (nSPS) is 10.0. The van der Waals surface area contributed by atoms with E-state index in [2.05, 4.69) is 0 Å². The molecular weight excluding hydrogens is 288 g/mol. The lowest BCUT2D eigenvalue weighted by Gasteiger charge is -2.09. The number of nitrogens with zero attached hydrogens (tertiary/aromatic N) is 1. The number of hydrogen-bond donors (Lipinski definition) is 0. The first-order valence-corrected chi connectivity index (χ1v) is 6.12. The maximum atomic E-state index is 13.3. The largest absolute Gasteiger partial charge is 0.487 e. The molecule has 19 heavy (non-hydrogen) atoms. The van der Waals surface area contributed by atoms with Gasteiger partial charge in [0.2, 0.25) is 0 Å². The molecule has 2 rings (SSSR count). The van der Waals surface area contributed by atoms with Gasteiger partial charge in [-0.25, -0.2) is 4.39 Å². The first kappa shape index (κ1) is 13.7. The zero-order valence-corrected chi connectivity index (χ0v) is 11.2. The summed E-state index contributed by atoms with van der Waals surface area (Å²) >= 11 is 11.5. The van der Waals surface area contributed by atoms with Crippen LogP contribution in [0.5, 0.6) is 5.75 Å². The van der Waals surface area contributed by atoms with Crippen molar-refractivity contribution < 1.29 is 9.13 Å². The Morgan fingerprint density at radius 1 is 1.16 bits per heavy atom. The highest BCUT2D eigenvalue weighted by atomic mass is 35.5. The van der Waals surface area contributed by atoms with Crippen LogP contribution in [0.3, 0.4) is 0 Å². The Bertz CT molecular complexity index is 652. The minimum Gasteiger partial charge on any atom is -0.487 e. The van der Waals surface area contributed by atoms with Crippen LogP contribution in [0.15, 0.2) is 36.4 Å². The molecule has 0 saturated heterocycles. The van der Waals surface area contributed by atoms with Crippen LogP contribution >= 0.6 is 23.2 Å². The van der Waals surface area contributed by atoms with Gasteiger partial charge in [0.25, 0.3) is 0 Å². The average Bonchev–Trinajstić information content (AvgIpc) is 2.40. The molecule has 0 unspecified atom stereocenters. The molecule has 0 saturated carbocycles. The van der Waals surface area contributed by atoms with Crippen LogP contribution in [0, 0.1) is 17.1 Å². The van der Waals surface area contributed by atoms with Crippen molar-refractivity contribution in [1.82, 2.24) is 0 Å². The van der Waals surface area contributed by atoms with Crippen molar-refractivity contribution in [1.29, 1.82) is 5.26 Å². The SMILES string of the molecule is N#Cc1c(Cl)cccc1OCc1ccc(Cl)c(F)c1. The molecular formula is C14H8Cl2FNO. The van der Waals surface area contributed by atoms with Crippen molar-refractivity contribution in [3.63, 3.8) is 0 Å². The van der Waals surface area contributed by atoms with Crippen LogP contribution in [0.2, 0.25) is 10.0 Å². The molecule has 0 N–H and O–H groups in total. The van der Waals surface area contributed by atoms with Crippen molar-refractivity contribution in [3.8, 4) is 11.8 Å². The van der Waals surface area contributed by atoms with Crippen molar-refractivity contribution in [2.24, 2.45) is 0 Å². The number of hydrogen-bond acceptors (Lipinski definition) is 2. The number of benzene rings is 2. The zero-order valence-electron chi connectivity index (χ0n) is 9.66. The summed E-state index contributed by atoms with van der Waals surface area (Å²) in [7, 11) is 0. The number of ether oxygens (including phenoxy) is 1. The van der Waals surface area contributed by atoms with E-state index in [1.54, 1.807) is 24.3 Å². The monoisotopic (exact) mass is 295 g/mol. The van der Waals surface area contributed by atoms with Gasteiger partial charge in [0.05, 0.1) is 10.0 Å². The summed E-state index contributed by atoms with van der Waals surface area (Å²) in [6, 6.07) is 11.3. The molecule has 0 fully saturated rings. The van der Waals surface area contributed by atoms with E-state index >= 15 is 0 Å². The summed E-state index contributed by atoms with van der Waals surface area (Å²) in [6.07, 6.45) is 0. The molecule has 0 amide bonds. The highest BCUT2D eigenvalue weighted by Gasteiger charge is 2.08. The predicted octanol–water partition coefficient (Wildman–Crippen LogP) is 4.58. The molecule has 0 aliphatic carbocycles. The summed E-state index contributed by atoms with van der Waals surface area (Å²) in [5.74, 6) is -0.139. The van der Waals surface area contributed by atoms with Gasteiger partial charge in [-0.05, 0) is 29.8 Å². The quantitative estimate of drug-likeness (QED) is 0.830. The van der Waals surface area contributed by atoms with E-state index in [1.807, 2.05) is 6.07 Å². The van der Waals surface area contributed by atoms with Crippen molar-refractivity contribution in [3.05, 3.63) is 63.4 Å². The fourth-order valence-corrected chi connectivity index (χ4v) is 1.85. The molecule has 96 valence electrons. The van der Waals surface area contributed by atoms with Gasteiger partial charge in [-0.2, -0.15) is 5.26 Å². The Balaban J connectivity index is 2.17. The van der Waals surface area contributed by atoms with Crippen molar-refractivity contribution in [2.45, 2.75) is 6.61 Å². The van der Waals surface area contributed by atoms with Gasteiger partial charge in [-0.15, -0.1) is 0 Å². The zero-order chi connectivity index (χ0) is 13.8. The second kappa shape index (κ2) is 5.92. The molecule has 2 aromatic rings. The van der Waals surface area contributed by atoms with E-state index in [-0.39, 0.29) is 17.2 Å². The van der Waals surface area contributed by atoms with Gasteiger partial charge in [-0.3, -0.25) is 0 Å². The Morgan fingerprint density at radius 3 is 2.63 bits per heavy atom.